The summed E-state index contributed by atoms with van der Waals surface area (Å²) in [6, 6.07) is 12.8. The van der Waals surface area contributed by atoms with E-state index in [4.69, 9.17) is 9.72 Å². The van der Waals surface area contributed by atoms with Gasteiger partial charge in [-0.05, 0) is 62.0 Å². The zero-order chi connectivity index (χ0) is 26.5. The third-order valence-electron chi connectivity index (χ3n) is 6.02. The number of ether oxygens (including phenoxy) is 1. The van der Waals surface area contributed by atoms with Gasteiger partial charge in [-0.2, -0.15) is 0 Å². The van der Waals surface area contributed by atoms with Crippen LogP contribution in [-0.2, 0) is 16.0 Å². The number of nitro groups is 1. The number of carbonyl (C=O) groups is 3. The molecule has 4 rings (SSSR count). The van der Waals surface area contributed by atoms with E-state index in [9.17, 15) is 24.5 Å². The number of para-hydroxylation sites is 1. The monoisotopic (exact) mass is 502 g/mol. The molecule has 0 spiro atoms. The average molecular weight is 503 g/mol. The van der Waals surface area contributed by atoms with Gasteiger partial charge in [0.1, 0.15) is 0 Å². The average Bonchev–Trinajstić information content (AvgIpc) is 2.87. The molecule has 0 bridgehead atoms. The minimum atomic E-state index is -1.21. The molecule has 3 amide bonds. The van der Waals surface area contributed by atoms with E-state index in [-0.39, 0.29) is 5.69 Å². The number of benzene rings is 2. The quantitative estimate of drug-likeness (QED) is 0.289. The van der Waals surface area contributed by atoms with Crippen LogP contribution in [0.15, 0.2) is 48.5 Å². The number of urea groups is 1. The Hall–Kier alpha value is -4.60. The molecule has 10 heteroatoms. The Morgan fingerprint density at radius 2 is 1.95 bits per heavy atom. The maximum atomic E-state index is 13.4. The van der Waals surface area contributed by atoms with Crippen LogP contribution < -0.4 is 10.6 Å². The lowest BCUT2D eigenvalue weighted by molar-refractivity contribution is -0.384. The number of aromatic nitrogens is 1. The minimum absolute atomic E-state index is 0.0130. The number of nitrogens with zero attached hydrogens (tertiary/aromatic N) is 2. The fourth-order valence-electron chi connectivity index (χ4n) is 4.33. The molecule has 1 aromatic heterocycles. The van der Waals surface area contributed by atoms with E-state index in [0.29, 0.717) is 52.7 Å². The number of non-ortho nitro benzene ring substituents is 1. The van der Waals surface area contributed by atoms with Crippen LogP contribution in [0.25, 0.3) is 22.6 Å². The first-order valence-corrected chi connectivity index (χ1v) is 11.9. The number of fused-ring (bicyclic) bond motifs is 2. The highest BCUT2D eigenvalue weighted by atomic mass is 16.6. The van der Waals surface area contributed by atoms with Gasteiger partial charge in [0.25, 0.3) is 11.6 Å². The summed E-state index contributed by atoms with van der Waals surface area (Å²) in [5.41, 5.74) is 3.73. The predicted molar refractivity (Wildman–Crippen MR) is 138 cm³/mol. The molecule has 2 N–H and O–H groups in total. The normalized spacial score (nSPS) is 14.5. The molecule has 1 aliphatic carbocycles. The molecule has 1 atom stereocenters. The number of carbonyl (C=O) groups excluding carboxylic acids is 3. The summed E-state index contributed by atoms with van der Waals surface area (Å²) in [6.07, 6.45) is 2.64. The molecule has 0 radical (unpaired) electrons. The van der Waals surface area contributed by atoms with Crippen LogP contribution in [0.4, 0.5) is 10.5 Å². The van der Waals surface area contributed by atoms with Gasteiger partial charge in [0.2, 0.25) is 0 Å². The van der Waals surface area contributed by atoms with Crippen LogP contribution in [0.2, 0.25) is 0 Å². The molecule has 0 aliphatic heterocycles. The highest BCUT2D eigenvalue weighted by Crippen LogP contribution is 2.36. The topological polar surface area (TPSA) is 141 Å². The molecule has 37 heavy (non-hydrogen) atoms. The first kappa shape index (κ1) is 25.5. The number of pyridine rings is 1. The Bertz CT molecular complexity index is 1430. The molecule has 1 heterocycles. The fraction of sp³-hybridized carbons (Fsp3) is 0.259. The molecule has 2 aromatic carbocycles. The maximum Gasteiger partial charge on any atom is 0.339 e. The van der Waals surface area contributed by atoms with Crippen LogP contribution in [0.3, 0.4) is 0 Å². The van der Waals surface area contributed by atoms with Crippen molar-refractivity contribution in [2.75, 3.05) is 6.54 Å². The van der Waals surface area contributed by atoms with Crippen LogP contribution in [0.1, 0.15) is 53.9 Å². The molecule has 10 nitrogen and oxygen atoms in total. The van der Waals surface area contributed by atoms with E-state index in [1.807, 2.05) is 12.1 Å². The van der Waals surface area contributed by atoms with Gasteiger partial charge in [0, 0.05) is 24.1 Å². The molecule has 0 fully saturated rings. The lowest BCUT2D eigenvalue weighted by Gasteiger charge is -2.23. The van der Waals surface area contributed by atoms with Gasteiger partial charge in [-0.15, -0.1) is 0 Å². The summed E-state index contributed by atoms with van der Waals surface area (Å²) in [7, 11) is 0. The first-order valence-electron chi connectivity index (χ1n) is 11.9. The van der Waals surface area contributed by atoms with Crippen molar-refractivity contribution in [3.05, 3.63) is 81.0 Å². The Balaban J connectivity index is 1.73. The number of imide groups is 1. The van der Waals surface area contributed by atoms with Gasteiger partial charge in [-0.25, -0.2) is 14.6 Å². The lowest BCUT2D eigenvalue weighted by Crippen LogP contribution is -2.44. The smallest absolute Gasteiger partial charge is 0.339 e. The van der Waals surface area contributed by atoms with Crippen LogP contribution >= 0.6 is 0 Å². The second-order valence-corrected chi connectivity index (χ2v) is 8.60. The number of hydrogen-bond donors (Lipinski definition) is 2. The van der Waals surface area contributed by atoms with Crippen LogP contribution in [0.5, 0.6) is 0 Å². The Morgan fingerprint density at radius 1 is 1.16 bits per heavy atom. The summed E-state index contributed by atoms with van der Waals surface area (Å²) < 4.78 is 5.49. The van der Waals surface area contributed by atoms with E-state index >= 15 is 0 Å². The second kappa shape index (κ2) is 11.0. The van der Waals surface area contributed by atoms with Gasteiger partial charge < -0.3 is 10.1 Å². The van der Waals surface area contributed by atoms with E-state index in [1.165, 1.54) is 19.1 Å². The zero-order valence-electron chi connectivity index (χ0n) is 20.4. The molecule has 0 saturated heterocycles. The lowest BCUT2D eigenvalue weighted by atomic mass is 9.86. The van der Waals surface area contributed by atoms with Gasteiger partial charge in [0.05, 0.1) is 21.7 Å². The molecule has 1 aliphatic rings. The van der Waals surface area contributed by atoms with Crippen molar-refractivity contribution in [2.24, 2.45) is 0 Å². The van der Waals surface area contributed by atoms with Gasteiger partial charge in [-0.1, -0.05) is 30.3 Å². The summed E-state index contributed by atoms with van der Waals surface area (Å²) in [5, 5.41) is 16.4. The Labute approximate surface area is 212 Å². The number of allylic oxidation sites excluding steroid dienone is 1. The summed E-state index contributed by atoms with van der Waals surface area (Å²) in [5.74, 6) is -1.43. The van der Waals surface area contributed by atoms with E-state index in [0.717, 1.165) is 12.0 Å². The van der Waals surface area contributed by atoms with Crippen molar-refractivity contribution in [3.63, 3.8) is 0 Å². The molecule has 190 valence electrons. The van der Waals surface area contributed by atoms with Crippen LogP contribution in [0, 0.1) is 10.1 Å². The van der Waals surface area contributed by atoms with Gasteiger partial charge in [-0.3, -0.25) is 20.2 Å². The number of nitrogens with one attached hydrogen (secondary N) is 2. The number of amides is 3. The predicted octanol–water partition coefficient (Wildman–Crippen LogP) is 4.41. The molecular weight excluding hydrogens is 476 g/mol. The Morgan fingerprint density at radius 3 is 2.70 bits per heavy atom. The largest absolute Gasteiger partial charge is 0.449 e. The molecular formula is C27H26N4O6. The van der Waals surface area contributed by atoms with Crippen LogP contribution in [-0.4, -0.2) is 40.5 Å². The van der Waals surface area contributed by atoms with Gasteiger partial charge >= 0.3 is 12.0 Å². The zero-order valence-corrected chi connectivity index (χ0v) is 20.4. The highest BCUT2D eigenvalue weighted by molar-refractivity contribution is 6.07. The van der Waals surface area contributed by atoms with Gasteiger partial charge in [0.15, 0.2) is 6.10 Å². The molecule has 3 aromatic rings. The number of esters is 1. The number of hydrogen-bond acceptors (Lipinski definition) is 7. The van der Waals surface area contributed by atoms with E-state index in [1.54, 1.807) is 37.3 Å². The molecule has 0 saturated carbocycles. The van der Waals surface area contributed by atoms with Crippen molar-refractivity contribution in [3.8, 4) is 0 Å². The number of rotatable bonds is 6. The SMILES string of the molecule is CCNC(=O)NC(=O)[C@H](C)OC(=O)c1c2c(nc3ccccc13)/C(=C/c1cccc([N+](=O)[O-])c1)CCC2. The highest BCUT2D eigenvalue weighted by Gasteiger charge is 2.28. The fourth-order valence-corrected chi connectivity index (χ4v) is 4.33. The van der Waals surface area contributed by atoms with Crippen molar-refractivity contribution < 1.29 is 24.0 Å². The second-order valence-electron chi connectivity index (χ2n) is 8.60. The van der Waals surface area contributed by atoms with E-state index < -0.39 is 28.9 Å². The first-order chi connectivity index (χ1) is 17.8. The maximum absolute atomic E-state index is 13.4. The summed E-state index contributed by atoms with van der Waals surface area (Å²) in [4.78, 5) is 53.1. The standard InChI is InChI=1S/C27H26N4O6/c1-3-28-27(34)30-25(32)16(2)37-26(33)23-20-11-4-5-13-22(20)29-24-18(9-7-12-21(23)24)14-17-8-6-10-19(15-17)31(35)36/h4-6,8,10-11,13-16H,3,7,9,12H2,1-2H3,(H2,28,30,32,34)/b18-14+/t16-/m0/s1. The summed E-state index contributed by atoms with van der Waals surface area (Å²) in [6.45, 7) is 3.46. The Kier molecular flexibility index (Phi) is 7.57. The third kappa shape index (κ3) is 5.64. The summed E-state index contributed by atoms with van der Waals surface area (Å²) >= 11 is 0. The van der Waals surface area contributed by atoms with Crippen molar-refractivity contribution in [1.29, 1.82) is 0 Å². The minimum Gasteiger partial charge on any atom is -0.449 e. The third-order valence-corrected chi connectivity index (χ3v) is 6.02. The van der Waals surface area contributed by atoms with Crippen molar-refractivity contribution >= 4 is 46.1 Å². The van der Waals surface area contributed by atoms with E-state index in [2.05, 4.69) is 10.6 Å². The molecule has 0 unspecified atom stereocenters. The number of nitro benzene ring substituents is 1. The van der Waals surface area contributed by atoms with Crippen molar-refractivity contribution in [2.45, 2.75) is 39.2 Å². The van der Waals surface area contributed by atoms with Crippen molar-refractivity contribution in [1.82, 2.24) is 15.6 Å².